The van der Waals surface area contributed by atoms with E-state index in [0.717, 1.165) is 0 Å². The number of Topliss-reactive ketones (excluding diaryl/α,β-unsaturated/α-hetero) is 2. The van der Waals surface area contributed by atoms with Crippen LogP contribution >= 0.6 is 0 Å². The van der Waals surface area contributed by atoms with E-state index in [1.807, 2.05) is 0 Å². The number of aliphatic hydroxyl groups excluding tert-OH is 1. The number of ether oxygens (including phenoxy) is 5. The van der Waals surface area contributed by atoms with Crippen molar-refractivity contribution >= 4 is 23.6 Å². The molecule has 3 fully saturated rings. The monoisotopic (exact) mass is 665 g/mol. The van der Waals surface area contributed by atoms with Gasteiger partial charge in [-0.1, -0.05) is 32.5 Å². The number of esters is 1. The Kier molecular flexibility index (Phi) is 13.4. The lowest BCUT2D eigenvalue weighted by atomic mass is 9.76. The van der Waals surface area contributed by atoms with Crippen LogP contribution in [0.15, 0.2) is 17.3 Å². The van der Waals surface area contributed by atoms with E-state index in [1.54, 1.807) is 34.6 Å². The minimum Gasteiger partial charge on any atom is -0.458 e. The molecule has 12 atom stereocenters. The van der Waals surface area contributed by atoms with Gasteiger partial charge in [0.05, 0.1) is 17.8 Å². The SMILES string of the molecule is C=C1C(=O)[C@H](C)C[C@@](C)(OC)[C@H](O[C@@H]2OC(C)CC(N)C2O)[C@@H](C)C(=O)[C@@H](C)C(=O)O[C@H](CC)[C@H]2OC(=O)N(CCCCN=[N+]=[N-])[C@H]12. The molecule has 3 aliphatic rings. The van der Waals surface area contributed by atoms with Crippen LogP contribution in [-0.2, 0) is 38.1 Å². The molecular weight excluding hydrogens is 614 g/mol. The number of cyclic esters (lactones) is 1. The van der Waals surface area contributed by atoms with Crippen LogP contribution in [0.3, 0.4) is 0 Å². The summed E-state index contributed by atoms with van der Waals surface area (Å²) in [6.45, 7) is 14.5. The number of rotatable bonds is 9. The molecule has 0 spiro atoms. The number of hydrogen-bond donors (Lipinski definition) is 2. The van der Waals surface area contributed by atoms with Crippen molar-refractivity contribution in [2.24, 2.45) is 28.6 Å². The van der Waals surface area contributed by atoms with Gasteiger partial charge in [-0.15, -0.1) is 0 Å². The highest BCUT2D eigenvalue weighted by atomic mass is 16.7. The Labute approximate surface area is 276 Å². The summed E-state index contributed by atoms with van der Waals surface area (Å²) < 4.78 is 29.8. The van der Waals surface area contributed by atoms with E-state index in [4.69, 9.17) is 34.9 Å². The molecule has 3 aliphatic heterocycles. The van der Waals surface area contributed by atoms with Gasteiger partial charge >= 0.3 is 12.1 Å². The van der Waals surface area contributed by atoms with Gasteiger partial charge in [-0.25, -0.2) is 4.79 Å². The van der Waals surface area contributed by atoms with Crippen molar-refractivity contribution in [3.8, 4) is 0 Å². The molecule has 0 aromatic rings. The van der Waals surface area contributed by atoms with E-state index < -0.39 is 84.0 Å². The minimum absolute atomic E-state index is 0.0441. The molecule has 0 aromatic heterocycles. The molecule has 0 radical (unpaired) electrons. The molecule has 1 amide bonds. The molecular formula is C32H51N5O10. The largest absolute Gasteiger partial charge is 0.458 e. The van der Waals surface area contributed by atoms with Crippen molar-refractivity contribution in [2.45, 2.75) is 128 Å². The maximum Gasteiger partial charge on any atom is 0.410 e. The Balaban J connectivity index is 2.06. The van der Waals surface area contributed by atoms with Crippen LogP contribution < -0.4 is 5.73 Å². The summed E-state index contributed by atoms with van der Waals surface area (Å²) in [5.74, 6) is -4.70. The number of nitrogens with zero attached hydrogens (tertiary/aromatic N) is 4. The number of nitrogens with two attached hydrogens (primary N) is 1. The van der Waals surface area contributed by atoms with Crippen molar-refractivity contribution in [1.29, 1.82) is 0 Å². The summed E-state index contributed by atoms with van der Waals surface area (Å²) in [4.78, 5) is 58.9. The van der Waals surface area contributed by atoms with E-state index in [2.05, 4.69) is 16.6 Å². The van der Waals surface area contributed by atoms with Crippen molar-refractivity contribution in [2.75, 3.05) is 20.2 Å². The Morgan fingerprint density at radius 2 is 1.85 bits per heavy atom. The molecule has 0 saturated carbocycles. The lowest BCUT2D eigenvalue weighted by molar-refractivity contribution is -0.288. The lowest BCUT2D eigenvalue weighted by Gasteiger charge is -2.45. The number of carbonyl (C=O) groups is 4. The van der Waals surface area contributed by atoms with Gasteiger partial charge in [-0.05, 0) is 58.4 Å². The number of hydrogen-bond acceptors (Lipinski definition) is 12. The van der Waals surface area contributed by atoms with E-state index in [0.29, 0.717) is 19.3 Å². The maximum atomic E-state index is 14.1. The van der Waals surface area contributed by atoms with Crippen LogP contribution in [-0.4, -0.2) is 108 Å². The Morgan fingerprint density at radius 3 is 2.47 bits per heavy atom. The standard InChI is InChI=1S/C32H51N5O10/c1-9-22-27-23(37(31(42)46-27)13-11-10-12-35-36-34)18(4)24(38)16(2)15-32(7,43-8)28(19(5)25(39)20(6)29(41)45-22)47-30-26(40)21(33)14-17(3)44-30/h16-17,19-23,26-28,30,40H,4,9-15,33H2,1-3,5-8H3/t16-,17?,19+,20-,21?,22-,23-,26?,27-,28-,30+,32-/m1/s1. The zero-order valence-corrected chi connectivity index (χ0v) is 28.5. The molecule has 3 rings (SSSR count). The van der Waals surface area contributed by atoms with Gasteiger partial charge in [0.1, 0.15) is 24.2 Å². The summed E-state index contributed by atoms with van der Waals surface area (Å²) in [7, 11) is 1.43. The first-order valence-electron chi connectivity index (χ1n) is 16.4. The molecule has 3 heterocycles. The quantitative estimate of drug-likeness (QED) is 0.0694. The van der Waals surface area contributed by atoms with Crippen LogP contribution in [0.4, 0.5) is 4.79 Å². The number of methoxy groups -OCH3 is 1. The summed E-state index contributed by atoms with van der Waals surface area (Å²) >= 11 is 0. The van der Waals surface area contributed by atoms with Gasteiger partial charge in [-0.2, -0.15) is 0 Å². The second kappa shape index (κ2) is 16.4. The molecule has 15 nitrogen and oxygen atoms in total. The summed E-state index contributed by atoms with van der Waals surface area (Å²) in [5.41, 5.74) is 13.5. The van der Waals surface area contributed by atoms with Gasteiger partial charge in [0.2, 0.25) is 0 Å². The predicted octanol–water partition coefficient (Wildman–Crippen LogP) is 3.21. The topological polar surface area (TPSA) is 213 Å². The zero-order valence-electron chi connectivity index (χ0n) is 28.5. The van der Waals surface area contributed by atoms with Crippen LogP contribution in [0.25, 0.3) is 10.4 Å². The Bertz CT molecular complexity index is 1230. The molecule has 0 aliphatic carbocycles. The second-order valence-electron chi connectivity index (χ2n) is 13.2. The van der Waals surface area contributed by atoms with Gasteiger partial charge < -0.3 is 34.5 Å². The van der Waals surface area contributed by atoms with Crippen molar-refractivity contribution in [3.05, 3.63) is 22.6 Å². The number of aliphatic hydroxyl groups is 1. The third kappa shape index (κ3) is 8.51. The van der Waals surface area contributed by atoms with Crippen molar-refractivity contribution < 1.29 is 48.0 Å². The first kappa shape index (κ1) is 38.4. The van der Waals surface area contributed by atoms with Crippen LogP contribution in [0, 0.1) is 17.8 Å². The number of fused-ring (bicyclic) bond motifs is 1. The van der Waals surface area contributed by atoms with E-state index >= 15 is 0 Å². The lowest BCUT2D eigenvalue weighted by Crippen LogP contribution is -2.58. The van der Waals surface area contributed by atoms with Crippen molar-refractivity contribution in [3.63, 3.8) is 0 Å². The van der Waals surface area contributed by atoms with Gasteiger partial charge in [0.25, 0.3) is 0 Å². The first-order chi connectivity index (χ1) is 22.1. The molecule has 47 heavy (non-hydrogen) atoms. The van der Waals surface area contributed by atoms with Gasteiger partial charge in [-0.3, -0.25) is 19.3 Å². The smallest absolute Gasteiger partial charge is 0.410 e. The fourth-order valence-corrected chi connectivity index (χ4v) is 6.85. The van der Waals surface area contributed by atoms with Crippen LogP contribution in [0.5, 0.6) is 0 Å². The van der Waals surface area contributed by atoms with Crippen molar-refractivity contribution in [1.82, 2.24) is 4.90 Å². The van der Waals surface area contributed by atoms with E-state index in [9.17, 15) is 24.3 Å². The third-order valence-corrected chi connectivity index (χ3v) is 9.68. The Hall–Kier alpha value is -3.07. The molecule has 3 unspecified atom stereocenters. The number of unbranched alkanes of at least 4 members (excludes halogenated alkanes) is 1. The first-order valence-corrected chi connectivity index (χ1v) is 16.4. The van der Waals surface area contributed by atoms with E-state index in [-0.39, 0.29) is 43.4 Å². The summed E-state index contributed by atoms with van der Waals surface area (Å²) in [5, 5.41) is 14.4. The third-order valence-electron chi connectivity index (χ3n) is 9.68. The number of amides is 1. The Morgan fingerprint density at radius 1 is 1.17 bits per heavy atom. The van der Waals surface area contributed by atoms with Crippen LogP contribution in [0.2, 0.25) is 0 Å². The average molecular weight is 666 g/mol. The summed E-state index contributed by atoms with van der Waals surface area (Å²) in [6, 6.07) is -1.60. The molecule has 15 heteroatoms. The normalized spacial score (nSPS) is 39.0. The van der Waals surface area contributed by atoms with Gasteiger partial charge in [0.15, 0.2) is 24.0 Å². The number of carbonyl (C=O) groups excluding carboxylic acids is 4. The maximum absolute atomic E-state index is 14.1. The molecule has 0 bridgehead atoms. The van der Waals surface area contributed by atoms with Gasteiger partial charge in [0, 0.05) is 48.6 Å². The minimum atomic E-state index is -1.32. The van der Waals surface area contributed by atoms with Crippen LogP contribution in [0.1, 0.15) is 73.6 Å². The number of azide groups is 1. The highest BCUT2D eigenvalue weighted by Gasteiger charge is 2.53. The molecule has 3 N–H and O–H groups in total. The highest BCUT2D eigenvalue weighted by Crippen LogP contribution is 2.38. The predicted molar refractivity (Wildman–Crippen MR) is 169 cm³/mol. The molecule has 0 aromatic carbocycles. The fourth-order valence-electron chi connectivity index (χ4n) is 6.85. The average Bonchev–Trinajstić information content (AvgIpc) is 3.36. The molecule has 264 valence electrons. The number of ketones is 2. The summed E-state index contributed by atoms with van der Waals surface area (Å²) in [6.07, 6.45) is -4.98. The highest BCUT2D eigenvalue weighted by molar-refractivity contribution is 6.00. The second-order valence-corrected chi connectivity index (χ2v) is 13.2. The fraction of sp³-hybridized carbons (Fsp3) is 0.812. The molecule has 3 saturated heterocycles. The zero-order chi connectivity index (χ0) is 35.2. The van der Waals surface area contributed by atoms with E-state index in [1.165, 1.54) is 18.9 Å².